The van der Waals surface area contributed by atoms with E-state index in [1.807, 2.05) is 12.1 Å². The number of carbonyl (C=O) groups is 2. The molecule has 0 bridgehead atoms. The van der Waals surface area contributed by atoms with Crippen molar-refractivity contribution in [3.05, 3.63) is 78.7 Å². The molecule has 0 saturated heterocycles. The van der Waals surface area contributed by atoms with Crippen LogP contribution >= 0.6 is 0 Å². The molecule has 0 aliphatic heterocycles. The summed E-state index contributed by atoms with van der Waals surface area (Å²) in [5.41, 5.74) is 2.03. The molecule has 0 saturated carbocycles. The minimum Gasteiger partial charge on any atom is -0.456 e. The monoisotopic (exact) mass is 419 g/mol. The molecule has 0 unspecified atom stereocenters. The molecule has 2 aromatic heterocycles. The van der Waals surface area contributed by atoms with Gasteiger partial charge in [0.05, 0.1) is 23.8 Å². The van der Waals surface area contributed by atoms with E-state index in [9.17, 15) is 14.0 Å². The van der Waals surface area contributed by atoms with Gasteiger partial charge in [-0.05, 0) is 48.5 Å². The number of ether oxygens (including phenoxy) is 1. The SMILES string of the molecule is O=C(COC(=O)CCc1ncc(-c2ccc(F)cc2)o1)Nc1cccc2ncccc12. The molecule has 4 rings (SSSR count). The van der Waals surface area contributed by atoms with Crippen LogP contribution in [0, 0.1) is 5.82 Å². The first kappa shape index (κ1) is 20.2. The van der Waals surface area contributed by atoms with E-state index in [1.54, 1.807) is 36.5 Å². The van der Waals surface area contributed by atoms with Gasteiger partial charge in [-0.25, -0.2) is 9.37 Å². The average Bonchev–Trinajstić information content (AvgIpc) is 3.26. The highest BCUT2D eigenvalue weighted by molar-refractivity contribution is 6.01. The van der Waals surface area contributed by atoms with Crippen molar-refractivity contribution in [1.82, 2.24) is 9.97 Å². The Morgan fingerprint density at radius 3 is 2.71 bits per heavy atom. The van der Waals surface area contributed by atoms with Crippen molar-refractivity contribution in [2.75, 3.05) is 11.9 Å². The zero-order chi connectivity index (χ0) is 21.6. The van der Waals surface area contributed by atoms with Crippen LogP contribution in [0.15, 0.2) is 71.4 Å². The largest absolute Gasteiger partial charge is 0.456 e. The standard InChI is InChI=1S/C23H18FN3O4/c24-16-8-6-15(7-9-16)20-13-26-22(31-20)10-11-23(29)30-14-21(28)27-19-5-1-4-18-17(19)3-2-12-25-18/h1-9,12-13H,10-11,14H2,(H,27,28). The molecule has 0 fully saturated rings. The summed E-state index contributed by atoms with van der Waals surface area (Å²) in [6.45, 7) is -0.401. The number of hydrogen-bond donors (Lipinski definition) is 1. The number of nitrogens with zero attached hydrogens (tertiary/aromatic N) is 2. The first-order chi connectivity index (χ1) is 15.1. The number of hydrogen-bond acceptors (Lipinski definition) is 6. The van der Waals surface area contributed by atoms with Gasteiger partial charge in [-0.3, -0.25) is 14.6 Å². The summed E-state index contributed by atoms with van der Waals surface area (Å²) < 4.78 is 23.6. The van der Waals surface area contributed by atoms with E-state index in [4.69, 9.17) is 9.15 Å². The van der Waals surface area contributed by atoms with Crippen LogP contribution in [0.25, 0.3) is 22.2 Å². The molecule has 2 aromatic carbocycles. The van der Waals surface area contributed by atoms with Crippen molar-refractivity contribution >= 4 is 28.5 Å². The van der Waals surface area contributed by atoms with Crippen LogP contribution in [0.4, 0.5) is 10.1 Å². The number of aryl methyl sites for hydroxylation is 1. The summed E-state index contributed by atoms with van der Waals surface area (Å²) >= 11 is 0. The number of halogens is 1. The quantitative estimate of drug-likeness (QED) is 0.453. The normalized spacial score (nSPS) is 10.7. The van der Waals surface area contributed by atoms with Crippen LogP contribution in [0.1, 0.15) is 12.3 Å². The third-order valence-electron chi connectivity index (χ3n) is 4.51. The van der Waals surface area contributed by atoms with E-state index in [2.05, 4.69) is 15.3 Å². The molecule has 0 aliphatic carbocycles. The second-order valence-corrected chi connectivity index (χ2v) is 6.71. The van der Waals surface area contributed by atoms with Crippen LogP contribution in [0.5, 0.6) is 0 Å². The number of oxazole rings is 1. The number of amides is 1. The fourth-order valence-electron chi connectivity index (χ4n) is 3.00. The van der Waals surface area contributed by atoms with Crippen LogP contribution < -0.4 is 5.32 Å². The Morgan fingerprint density at radius 2 is 1.87 bits per heavy atom. The Hall–Kier alpha value is -4.07. The number of aromatic nitrogens is 2. The second kappa shape index (κ2) is 9.17. The maximum Gasteiger partial charge on any atom is 0.306 e. The lowest BCUT2D eigenvalue weighted by molar-refractivity contribution is -0.147. The molecular formula is C23H18FN3O4. The summed E-state index contributed by atoms with van der Waals surface area (Å²) in [7, 11) is 0. The number of fused-ring (bicyclic) bond motifs is 1. The molecular weight excluding hydrogens is 401 g/mol. The van der Waals surface area contributed by atoms with Crippen LogP contribution in [-0.4, -0.2) is 28.5 Å². The summed E-state index contributed by atoms with van der Waals surface area (Å²) in [5.74, 6) is -0.501. The third-order valence-corrected chi connectivity index (χ3v) is 4.51. The predicted molar refractivity (Wildman–Crippen MR) is 112 cm³/mol. The number of esters is 1. The van der Waals surface area contributed by atoms with Crippen LogP contribution in [-0.2, 0) is 20.7 Å². The fourth-order valence-corrected chi connectivity index (χ4v) is 3.00. The van der Waals surface area contributed by atoms with E-state index >= 15 is 0 Å². The van der Waals surface area contributed by atoms with Gasteiger partial charge < -0.3 is 14.5 Å². The molecule has 8 heteroatoms. The number of pyridine rings is 1. The topological polar surface area (TPSA) is 94.3 Å². The Kier molecular flexibility index (Phi) is 5.98. The predicted octanol–water partition coefficient (Wildman–Crippen LogP) is 4.14. The highest BCUT2D eigenvalue weighted by Gasteiger charge is 2.12. The molecule has 1 amide bonds. The molecule has 0 atom stereocenters. The molecule has 4 aromatic rings. The Morgan fingerprint density at radius 1 is 1.03 bits per heavy atom. The number of nitrogens with one attached hydrogen (secondary N) is 1. The number of anilines is 1. The first-order valence-electron chi connectivity index (χ1n) is 9.58. The summed E-state index contributed by atoms with van der Waals surface area (Å²) in [6.07, 6.45) is 3.41. The first-order valence-corrected chi connectivity index (χ1v) is 9.58. The molecule has 156 valence electrons. The molecule has 0 aliphatic rings. The average molecular weight is 419 g/mol. The lowest BCUT2D eigenvalue weighted by atomic mass is 10.2. The Labute approximate surface area is 176 Å². The number of benzene rings is 2. The van der Waals surface area contributed by atoms with Gasteiger partial charge in [0.25, 0.3) is 5.91 Å². The maximum atomic E-state index is 13.0. The van der Waals surface area contributed by atoms with Gasteiger partial charge in [-0.2, -0.15) is 0 Å². The van der Waals surface area contributed by atoms with Gasteiger partial charge in [0.15, 0.2) is 18.3 Å². The molecule has 2 heterocycles. The Bertz CT molecular complexity index is 1220. The van der Waals surface area contributed by atoms with Crippen molar-refractivity contribution in [2.45, 2.75) is 12.8 Å². The fraction of sp³-hybridized carbons (Fsp3) is 0.130. The molecule has 0 radical (unpaired) electrons. The van der Waals surface area contributed by atoms with Gasteiger partial charge in [-0.1, -0.05) is 6.07 Å². The zero-order valence-corrected chi connectivity index (χ0v) is 16.4. The van der Waals surface area contributed by atoms with Gasteiger partial charge in [-0.15, -0.1) is 0 Å². The van der Waals surface area contributed by atoms with E-state index in [0.29, 0.717) is 22.9 Å². The molecule has 7 nitrogen and oxygen atoms in total. The molecule has 31 heavy (non-hydrogen) atoms. The van der Waals surface area contributed by atoms with Crippen LogP contribution in [0.3, 0.4) is 0 Å². The third kappa shape index (κ3) is 5.11. The minimum atomic E-state index is -0.545. The van der Waals surface area contributed by atoms with E-state index in [-0.39, 0.29) is 18.7 Å². The number of rotatable bonds is 7. The van der Waals surface area contributed by atoms with Crippen molar-refractivity contribution in [1.29, 1.82) is 0 Å². The highest BCUT2D eigenvalue weighted by Crippen LogP contribution is 2.22. The summed E-state index contributed by atoms with van der Waals surface area (Å²) in [6, 6.07) is 14.8. The van der Waals surface area contributed by atoms with Crippen molar-refractivity contribution in [2.24, 2.45) is 0 Å². The maximum absolute atomic E-state index is 13.0. The lowest BCUT2D eigenvalue weighted by Crippen LogP contribution is -2.21. The van der Waals surface area contributed by atoms with E-state index in [1.165, 1.54) is 18.3 Å². The van der Waals surface area contributed by atoms with E-state index < -0.39 is 18.5 Å². The van der Waals surface area contributed by atoms with Gasteiger partial charge >= 0.3 is 5.97 Å². The summed E-state index contributed by atoms with van der Waals surface area (Å²) in [4.78, 5) is 32.5. The zero-order valence-electron chi connectivity index (χ0n) is 16.4. The minimum absolute atomic E-state index is 0.00877. The smallest absolute Gasteiger partial charge is 0.306 e. The van der Waals surface area contributed by atoms with E-state index in [0.717, 1.165) is 10.9 Å². The number of carbonyl (C=O) groups excluding carboxylic acids is 2. The van der Waals surface area contributed by atoms with Gasteiger partial charge in [0.1, 0.15) is 5.82 Å². The second-order valence-electron chi connectivity index (χ2n) is 6.71. The van der Waals surface area contributed by atoms with Crippen LogP contribution in [0.2, 0.25) is 0 Å². The summed E-state index contributed by atoms with van der Waals surface area (Å²) in [5, 5.41) is 3.52. The molecule has 0 spiro atoms. The molecule has 1 N–H and O–H groups in total. The van der Waals surface area contributed by atoms with Crippen molar-refractivity contribution in [3.8, 4) is 11.3 Å². The Balaban J connectivity index is 1.26. The van der Waals surface area contributed by atoms with Gasteiger partial charge in [0, 0.05) is 23.6 Å². The van der Waals surface area contributed by atoms with Crippen molar-refractivity contribution < 1.29 is 23.1 Å². The van der Waals surface area contributed by atoms with Crippen molar-refractivity contribution in [3.63, 3.8) is 0 Å². The lowest BCUT2D eigenvalue weighted by Gasteiger charge is -2.08. The van der Waals surface area contributed by atoms with Gasteiger partial charge in [0.2, 0.25) is 0 Å². The highest BCUT2D eigenvalue weighted by atomic mass is 19.1.